The number of hydrogen-bond donors (Lipinski definition) is 2. The molecule has 2 rings (SSSR count). The van der Waals surface area contributed by atoms with Crippen molar-refractivity contribution in [1.82, 2.24) is 20.0 Å². The van der Waals surface area contributed by atoms with Crippen LogP contribution in [0.1, 0.15) is 43.1 Å². The van der Waals surface area contributed by atoms with Crippen LogP contribution in [0.3, 0.4) is 0 Å². The van der Waals surface area contributed by atoms with Gasteiger partial charge in [0.1, 0.15) is 0 Å². The number of rotatable bonds is 6. The van der Waals surface area contributed by atoms with Gasteiger partial charge in [0.25, 0.3) is 0 Å². The summed E-state index contributed by atoms with van der Waals surface area (Å²) in [4.78, 5) is 18.3. The van der Waals surface area contributed by atoms with Crippen molar-refractivity contribution in [3.8, 4) is 0 Å². The number of aliphatic imine (C=N–C) groups is 1. The highest BCUT2D eigenvalue weighted by molar-refractivity contribution is 5.80. The lowest BCUT2D eigenvalue weighted by atomic mass is 9.95. The fraction of sp³-hybridized carbons (Fsp3) is 0.722. The van der Waals surface area contributed by atoms with E-state index in [4.69, 9.17) is 10.7 Å². The molecule has 1 aromatic heterocycles. The fourth-order valence-corrected chi connectivity index (χ4v) is 3.59. The number of aryl methyl sites for hydroxylation is 2. The Hall–Kier alpha value is -2.05. The van der Waals surface area contributed by atoms with Gasteiger partial charge in [-0.3, -0.25) is 14.5 Å². The predicted molar refractivity (Wildman–Crippen MR) is 100 cm³/mol. The fourth-order valence-electron chi connectivity index (χ4n) is 3.59. The molecular formula is C18H32N6O. The average Bonchev–Trinajstić information content (AvgIpc) is 2.79. The predicted octanol–water partition coefficient (Wildman–Crippen LogP) is 1.13. The molecule has 1 aliphatic heterocycles. The summed E-state index contributed by atoms with van der Waals surface area (Å²) in [5, 5.41) is 7.86. The molecular weight excluding hydrogens is 316 g/mol. The van der Waals surface area contributed by atoms with Gasteiger partial charge in [-0.1, -0.05) is 0 Å². The summed E-state index contributed by atoms with van der Waals surface area (Å²) in [5.74, 6) is 1.06. The zero-order valence-corrected chi connectivity index (χ0v) is 16.0. The third-order valence-electron chi connectivity index (χ3n) is 4.93. The Morgan fingerprint density at radius 2 is 2.20 bits per heavy atom. The molecule has 25 heavy (non-hydrogen) atoms. The van der Waals surface area contributed by atoms with E-state index >= 15 is 0 Å². The molecule has 2 heterocycles. The van der Waals surface area contributed by atoms with Crippen molar-refractivity contribution >= 4 is 11.9 Å². The molecule has 1 aliphatic rings. The zero-order valence-electron chi connectivity index (χ0n) is 16.0. The van der Waals surface area contributed by atoms with Crippen molar-refractivity contribution in [2.45, 2.75) is 46.5 Å². The third kappa shape index (κ3) is 5.21. The van der Waals surface area contributed by atoms with Gasteiger partial charge in [0.2, 0.25) is 5.91 Å². The lowest BCUT2D eigenvalue weighted by Gasteiger charge is -2.34. The van der Waals surface area contributed by atoms with Crippen LogP contribution in [0.25, 0.3) is 0 Å². The van der Waals surface area contributed by atoms with Crippen LogP contribution in [0.4, 0.5) is 0 Å². The number of nitrogens with zero attached hydrogens (tertiary/aromatic N) is 4. The van der Waals surface area contributed by atoms with Crippen LogP contribution >= 0.6 is 0 Å². The van der Waals surface area contributed by atoms with Gasteiger partial charge in [-0.15, -0.1) is 0 Å². The minimum atomic E-state index is -0.212. The highest BCUT2D eigenvalue weighted by Crippen LogP contribution is 2.19. The molecule has 1 atom stereocenters. The number of nitrogens with two attached hydrogens (primary N) is 1. The van der Waals surface area contributed by atoms with Crippen LogP contribution in [-0.2, 0) is 18.3 Å². The number of piperidine rings is 1. The Morgan fingerprint density at radius 3 is 2.80 bits per heavy atom. The third-order valence-corrected chi connectivity index (χ3v) is 4.93. The number of nitrogens with one attached hydrogen (secondary N) is 1. The second kappa shape index (κ2) is 8.87. The van der Waals surface area contributed by atoms with Crippen LogP contribution in [0.2, 0.25) is 0 Å². The summed E-state index contributed by atoms with van der Waals surface area (Å²) >= 11 is 0. The van der Waals surface area contributed by atoms with E-state index in [1.165, 1.54) is 11.3 Å². The van der Waals surface area contributed by atoms with Crippen LogP contribution in [0.5, 0.6) is 0 Å². The molecule has 0 saturated carbocycles. The first-order chi connectivity index (χ1) is 11.9. The number of likely N-dealkylation sites (tertiary alicyclic amines) is 1. The van der Waals surface area contributed by atoms with Gasteiger partial charge in [0.05, 0.1) is 5.69 Å². The van der Waals surface area contributed by atoms with Crippen molar-refractivity contribution in [1.29, 1.82) is 0 Å². The summed E-state index contributed by atoms with van der Waals surface area (Å²) in [5.41, 5.74) is 8.94. The Kier molecular flexibility index (Phi) is 6.84. The van der Waals surface area contributed by atoms with E-state index in [9.17, 15) is 4.79 Å². The molecule has 7 heteroatoms. The Morgan fingerprint density at radius 1 is 1.44 bits per heavy atom. The zero-order chi connectivity index (χ0) is 18.4. The quantitative estimate of drug-likeness (QED) is 0.596. The van der Waals surface area contributed by atoms with Crippen LogP contribution in [0, 0.1) is 19.8 Å². The average molecular weight is 348 g/mol. The van der Waals surface area contributed by atoms with Crippen molar-refractivity contribution in [2.24, 2.45) is 23.7 Å². The number of amides is 1. The number of hydrogen-bond acceptors (Lipinski definition) is 3. The second-order valence-corrected chi connectivity index (χ2v) is 6.88. The minimum Gasteiger partial charge on any atom is -0.370 e. The minimum absolute atomic E-state index is 0.212. The van der Waals surface area contributed by atoms with E-state index in [1.807, 2.05) is 11.7 Å². The van der Waals surface area contributed by atoms with Crippen molar-refractivity contribution in [3.05, 3.63) is 17.0 Å². The van der Waals surface area contributed by atoms with Crippen LogP contribution in [-0.4, -0.2) is 52.7 Å². The molecule has 3 N–H and O–H groups in total. The molecule has 0 bridgehead atoms. The first-order valence-corrected chi connectivity index (χ1v) is 9.23. The lowest BCUT2D eigenvalue weighted by Crippen LogP contribution is -2.47. The van der Waals surface area contributed by atoms with Crippen molar-refractivity contribution < 1.29 is 4.79 Å². The highest BCUT2D eigenvalue weighted by atomic mass is 16.1. The largest absolute Gasteiger partial charge is 0.370 e. The van der Waals surface area contributed by atoms with E-state index in [2.05, 4.69) is 36.1 Å². The smallest absolute Gasteiger partial charge is 0.217 e. The Balaban J connectivity index is 2.01. The summed E-state index contributed by atoms with van der Waals surface area (Å²) in [6.45, 7) is 9.62. The van der Waals surface area contributed by atoms with E-state index in [0.717, 1.165) is 57.1 Å². The van der Waals surface area contributed by atoms with Gasteiger partial charge >= 0.3 is 0 Å². The number of aromatic nitrogens is 2. The Labute approximate surface area is 150 Å². The maximum Gasteiger partial charge on any atom is 0.217 e. The van der Waals surface area contributed by atoms with Crippen LogP contribution < -0.4 is 11.1 Å². The normalized spacial score (nSPS) is 18.5. The molecule has 0 aliphatic carbocycles. The van der Waals surface area contributed by atoms with E-state index in [-0.39, 0.29) is 5.91 Å². The number of carbonyl (C=O) groups is 1. The van der Waals surface area contributed by atoms with Gasteiger partial charge in [-0.05, 0) is 51.5 Å². The number of guanidine groups is 1. The molecule has 0 radical (unpaired) electrons. The molecule has 1 aromatic rings. The number of primary amides is 1. The standard InChI is InChI=1S/C18H32N6O/c1-5-20-18(24-10-6-7-15(12-24)11-17(19)25)21-9-8-16-13(2)22-23(4)14(16)3/h15H,5-12H2,1-4H3,(H2,19,25)(H,20,21). The molecule has 7 nitrogen and oxygen atoms in total. The molecule has 1 fully saturated rings. The molecule has 0 spiro atoms. The highest BCUT2D eigenvalue weighted by Gasteiger charge is 2.23. The summed E-state index contributed by atoms with van der Waals surface area (Å²) in [6, 6.07) is 0. The van der Waals surface area contributed by atoms with Crippen molar-refractivity contribution in [2.75, 3.05) is 26.2 Å². The Bertz CT molecular complexity index is 621. The molecule has 1 saturated heterocycles. The molecule has 0 aromatic carbocycles. The number of carbonyl (C=O) groups excluding carboxylic acids is 1. The lowest BCUT2D eigenvalue weighted by molar-refractivity contribution is -0.119. The van der Waals surface area contributed by atoms with Gasteiger partial charge < -0.3 is 16.0 Å². The first-order valence-electron chi connectivity index (χ1n) is 9.23. The first kappa shape index (κ1) is 19.3. The molecule has 1 unspecified atom stereocenters. The van der Waals surface area contributed by atoms with Gasteiger partial charge in [-0.25, -0.2) is 0 Å². The van der Waals surface area contributed by atoms with Gasteiger partial charge in [0, 0.05) is 45.3 Å². The van der Waals surface area contributed by atoms with Crippen molar-refractivity contribution in [3.63, 3.8) is 0 Å². The van der Waals surface area contributed by atoms with E-state index < -0.39 is 0 Å². The SMILES string of the molecule is CCNC(=NCCc1c(C)nn(C)c1C)N1CCCC(CC(N)=O)C1. The maximum absolute atomic E-state index is 11.2. The van der Waals surface area contributed by atoms with Crippen LogP contribution in [0.15, 0.2) is 4.99 Å². The van der Waals surface area contributed by atoms with E-state index in [0.29, 0.717) is 12.3 Å². The second-order valence-electron chi connectivity index (χ2n) is 6.88. The van der Waals surface area contributed by atoms with Gasteiger partial charge in [0.15, 0.2) is 5.96 Å². The van der Waals surface area contributed by atoms with Gasteiger partial charge in [-0.2, -0.15) is 5.10 Å². The molecule has 140 valence electrons. The summed E-state index contributed by atoms with van der Waals surface area (Å²) in [7, 11) is 1.98. The summed E-state index contributed by atoms with van der Waals surface area (Å²) in [6.07, 6.45) is 3.49. The maximum atomic E-state index is 11.2. The summed E-state index contributed by atoms with van der Waals surface area (Å²) < 4.78 is 1.93. The monoisotopic (exact) mass is 348 g/mol. The topological polar surface area (TPSA) is 88.5 Å². The molecule has 1 amide bonds. The van der Waals surface area contributed by atoms with E-state index in [1.54, 1.807) is 0 Å².